The van der Waals surface area contributed by atoms with Crippen molar-refractivity contribution in [3.05, 3.63) is 0 Å². The number of rotatable bonds is 2. The predicted molar refractivity (Wildman–Crippen MR) is 39.8 cm³/mol. The largest absolute Gasteiger partial charge is 0.379 e. The van der Waals surface area contributed by atoms with E-state index in [0.29, 0.717) is 19.1 Å². The lowest BCUT2D eigenvalue weighted by atomic mass is 9.63. The molecule has 0 unspecified atom stereocenters. The first-order valence-electron chi connectivity index (χ1n) is 4.13. The number of hydrogen-bond donors (Lipinski definition) is 1. The van der Waals surface area contributed by atoms with Gasteiger partial charge in [0.05, 0.1) is 18.6 Å². The summed E-state index contributed by atoms with van der Waals surface area (Å²) < 4.78 is 5.06. The fraction of sp³-hybridized carbons (Fsp3) is 0.875. The second-order valence-electron chi connectivity index (χ2n) is 3.64. The summed E-state index contributed by atoms with van der Waals surface area (Å²) in [4.78, 5) is 11.1. The highest BCUT2D eigenvalue weighted by molar-refractivity contribution is 5.82. The lowest BCUT2D eigenvalue weighted by molar-refractivity contribution is -0.179. The number of nitrogens with two attached hydrogens (primary N) is 1. The Bertz CT molecular complexity index is 183. The molecule has 0 aromatic heterocycles. The van der Waals surface area contributed by atoms with Crippen LogP contribution < -0.4 is 5.73 Å². The number of carbonyl (C=O) groups excluding carboxylic acids is 1. The molecule has 0 bridgehead atoms. The van der Waals surface area contributed by atoms with Crippen LogP contribution >= 0.6 is 0 Å². The molecule has 1 aliphatic carbocycles. The van der Waals surface area contributed by atoms with Gasteiger partial charge in [-0.25, -0.2) is 0 Å². The minimum atomic E-state index is -0.266. The molecule has 3 heteroatoms. The van der Waals surface area contributed by atoms with Crippen molar-refractivity contribution in [2.24, 2.45) is 17.1 Å². The monoisotopic (exact) mass is 155 g/mol. The van der Waals surface area contributed by atoms with Crippen LogP contribution in [0.4, 0.5) is 0 Å². The number of hydrogen-bond acceptors (Lipinski definition) is 2. The van der Waals surface area contributed by atoms with E-state index in [0.717, 1.165) is 12.8 Å². The van der Waals surface area contributed by atoms with E-state index in [4.69, 9.17) is 10.5 Å². The lowest BCUT2D eigenvalue weighted by Crippen LogP contribution is -2.58. The number of carbonyl (C=O) groups is 1. The average molecular weight is 155 g/mol. The number of ether oxygens (including phenoxy) is 1. The third kappa shape index (κ3) is 0.805. The van der Waals surface area contributed by atoms with E-state index >= 15 is 0 Å². The molecule has 1 aliphatic heterocycles. The summed E-state index contributed by atoms with van der Waals surface area (Å²) in [6, 6.07) is 0. The summed E-state index contributed by atoms with van der Waals surface area (Å²) in [7, 11) is 0. The Morgan fingerprint density at radius 1 is 1.45 bits per heavy atom. The van der Waals surface area contributed by atoms with Gasteiger partial charge in [-0.1, -0.05) is 6.42 Å². The zero-order chi connectivity index (χ0) is 7.90. The summed E-state index contributed by atoms with van der Waals surface area (Å²) in [6.45, 7) is 1.12. The van der Waals surface area contributed by atoms with Gasteiger partial charge in [-0.2, -0.15) is 0 Å². The van der Waals surface area contributed by atoms with Crippen LogP contribution in [0.15, 0.2) is 0 Å². The maximum absolute atomic E-state index is 11.1. The molecule has 11 heavy (non-hydrogen) atoms. The molecular formula is C8H13NO2. The lowest BCUT2D eigenvalue weighted by Gasteiger charge is -2.48. The molecular weight excluding hydrogens is 142 g/mol. The number of primary amides is 1. The summed E-state index contributed by atoms with van der Waals surface area (Å²) in [6.07, 6.45) is 3.57. The topological polar surface area (TPSA) is 52.3 Å². The van der Waals surface area contributed by atoms with Crippen LogP contribution in [0.2, 0.25) is 0 Å². The molecule has 2 N–H and O–H groups in total. The van der Waals surface area contributed by atoms with Gasteiger partial charge >= 0.3 is 0 Å². The zero-order valence-electron chi connectivity index (χ0n) is 6.51. The highest BCUT2D eigenvalue weighted by Gasteiger charge is 2.52. The maximum atomic E-state index is 11.1. The van der Waals surface area contributed by atoms with Gasteiger partial charge in [0.25, 0.3) is 0 Å². The summed E-state index contributed by atoms with van der Waals surface area (Å²) >= 11 is 0. The van der Waals surface area contributed by atoms with Crippen LogP contribution in [-0.4, -0.2) is 19.1 Å². The van der Waals surface area contributed by atoms with Crippen LogP contribution in [0.3, 0.4) is 0 Å². The van der Waals surface area contributed by atoms with E-state index in [2.05, 4.69) is 0 Å². The molecule has 1 saturated heterocycles. The predicted octanol–water partition coefficient (Wildman–Crippen LogP) is 0.288. The van der Waals surface area contributed by atoms with Gasteiger partial charge in [0.2, 0.25) is 5.91 Å². The first-order valence-corrected chi connectivity index (χ1v) is 4.13. The van der Waals surface area contributed by atoms with Gasteiger partial charge in [-0.3, -0.25) is 4.79 Å². The standard InChI is InChI=1S/C8H13NO2/c9-7(10)8(4-11-5-8)6-2-1-3-6/h6H,1-5H2,(H2,9,10). The third-order valence-electron chi connectivity index (χ3n) is 3.10. The normalized spacial score (nSPS) is 28.7. The number of amides is 1. The van der Waals surface area contributed by atoms with Crippen molar-refractivity contribution in [3.63, 3.8) is 0 Å². The molecule has 0 aromatic rings. The van der Waals surface area contributed by atoms with Crippen LogP contribution in [0.25, 0.3) is 0 Å². The van der Waals surface area contributed by atoms with Crippen molar-refractivity contribution in [2.45, 2.75) is 19.3 Å². The molecule has 1 saturated carbocycles. The highest BCUT2D eigenvalue weighted by atomic mass is 16.5. The quantitative estimate of drug-likeness (QED) is 0.623. The first-order chi connectivity index (χ1) is 5.26. The third-order valence-corrected chi connectivity index (χ3v) is 3.10. The Hall–Kier alpha value is -0.570. The van der Waals surface area contributed by atoms with Crippen molar-refractivity contribution < 1.29 is 9.53 Å². The van der Waals surface area contributed by atoms with Crippen LogP contribution in [0.1, 0.15) is 19.3 Å². The molecule has 2 aliphatic rings. The molecule has 0 aromatic carbocycles. The van der Waals surface area contributed by atoms with E-state index < -0.39 is 0 Å². The molecule has 62 valence electrons. The Balaban J connectivity index is 2.09. The Morgan fingerprint density at radius 2 is 2.09 bits per heavy atom. The van der Waals surface area contributed by atoms with Gasteiger partial charge in [0.15, 0.2) is 0 Å². The first kappa shape index (κ1) is 7.10. The minimum Gasteiger partial charge on any atom is -0.379 e. The molecule has 1 amide bonds. The maximum Gasteiger partial charge on any atom is 0.228 e. The Labute approximate surface area is 65.9 Å². The molecule has 0 atom stereocenters. The molecule has 1 heterocycles. The van der Waals surface area contributed by atoms with E-state index in [1.807, 2.05) is 0 Å². The van der Waals surface area contributed by atoms with Gasteiger partial charge in [-0.05, 0) is 18.8 Å². The van der Waals surface area contributed by atoms with E-state index in [1.54, 1.807) is 0 Å². The molecule has 0 spiro atoms. The average Bonchev–Trinajstić information content (AvgIpc) is 1.71. The summed E-state index contributed by atoms with van der Waals surface area (Å²) in [5, 5.41) is 0. The second-order valence-corrected chi connectivity index (χ2v) is 3.64. The van der Waals surface area contributed by atoms with Crippen molar-refractivity contribution in [1.82, 2.24) is 0 Å². The molecule has 2 fully saturated rings. The fourth-order valence-electron chi connectivity index (χ4n) is 1.86. The molecule has 3 nitrogen and oxygen atoms in total. The molecule has 2 rings (SSSR count). The van der Waals surface area contributed by atoms with Gasteiger partial charge in [-0.15, -0.1) is 0 Å². The van der Waals surface area contributed by atoms with Crippen LogP contribution in [-0.2, 0) is 9.53 Å². The summed E-state index contributed by atoms with van der Waals surface area (Å²) in [5.74, 6) is 0.363. The van der Waals surface area contributed by atoms with Crippen molar-refractivity contribution >= 4 is 5.91 Å². The van der Waals surface area contributed by atoms with Gasteiger partial charge in [0.1, 0.15) is 0 Å². The SMILES string of the molecule is NC(=O)C1(C2CCC2)COC1. The Kier molecular flexibility index (Phi) is 1.42. The minimum absolute atomic E-state index is 0.159. The van der Waals surface area contributed by atoms with Gasteiger partial charge in [0, 0.05) is 0 Å². The van der Waals surface area contributed by atoms with Crippen LogP contribution in [0, 0.1) is 11.3 Å². The summed E-state index contributed by atoms with van der Waals surface area (Å²) in [5.41, 5.74) is 5.06. The van der Waals surface area contributed by atoms with E-state index in [-0.39, 0.29) is 11.3 Å². The zero-order valence-corrected chi connectivity index (χ0v) is 6.51. The smallest absolute Gasteiger partial charge is 0.228 e. The molecule has 0 radical (unpaired) electrons. The highest BCUT2D eigenvalue weighted by Crippen LogP contribution is 2.46. The van der Waals surface area contributed by atoms with Crippen molar-refractivity contribution in [1.29, 1.82) is 0 Å². The Morgan fingerprint density at radius 3 is 2.18 bits per heavy atom. The van der Waals surface area contributed by atoms with Gasteiger partial charge < -0.3 is 10.5 Å². The van der Waals surface area contributed by atoms with E-state index in [9.17, 15) is 4.79 Å². The second kappa shape index (κ2) is 2.21. The van der Waals surface area contributed by atoms with Crippen molar-refractivity contribution in [3.8, 4) is 0 Å². The van der Waals surface area contributed by atoms with Crippen molar-refractivity contribution in [2.75, 3.05) is 13.2 Å². The fourth-order valence-corrected chi connectivity index (χ4v) is 1.86. The van der Waals surface area contributed by atoms with Crippen LogP contribution in [0.5, 0.6) is 0 Å². The van der Waals surface area contributed by atoms with E-state index in [1.165, 1.54) is 6.42 Å².